The molecule has 1 saturated carbocycles. The quantitative estimate of drug-likeness (QED) is 0.789. The minimum atomic E-state index is -4.59. The van der Waals surface area contributed by atoms with Crippen molar-refractivity contribution in [1.82, 2.24) is 20.2 Å². The highest BCUT2D eigenvalue weighted by Crippen LogP contribution is 2.36. The fourth-order valence-corrected chi connectivity index (χ4v) is 3.03. The number of benzene rings is 1. The number of esters is 1. The standard InChI is InChI=1S/C16H17F3N4O2/c17-16(18,19)15-20-21-22-23(15)13-8-6-12(7-9-13)14(24)25-10-11-4-2-1-3-5-11/h1-5,12-13H,6-10H2. The first-order chi connectivity index (χ1) is 11.9. The third-order valence-corrected chi connectivity index (χ3v) is 4.35. The minimum Gasteiger partial charge on any atom is -0.461 e. The van der Waals surface area contributed by atoms with Crippen molar-refractivity contribution in [1.29, 1.82) is 0 Å². The van der Waals surface area contributed by atoms with Gasteiger partial charge in [-0.3, -0.25) is 4.79 Å². The first-order valence-corrected chi connectivity index (χ1v) is 8.01. The van der Waals surface area contributed by atoms with E-state index in [1.807, 2.05) is 30.3 Å². The highest BCUT2D eigenvalue weighted by molar-refractivity contribution is 5.72. The van der Waals surface area contributed by atoms with Crippen molar-refractivity contribution >= 4 is 5.97 Å². The Labute approximate surface area is 142 Å². The molecule has 134 valence electrons. The van der Waals surface area contributed by atoms with Gasteiger partial charge in [-0.05, 0) is 41.7 Å². The molecule has 3 rings (SSSR count). The zero-order valence-corrected chi connectivity index (χ0v) is 13.3. The lowest BCUT2D eigenvalue weighted by Crippen LogP contribution is -2.28. The maximum absolute atomic E-state index is 12.9. The Hall–Kier alpha value is -2.45. The first kappa shape index (κ1) is 17.4. The molecule has 0 bridgehead atoms. The van der Waals surface area contributed by atoms with Crippen LogP contribution >= 0.6 is 0 Å². The van der Waals surface area contributed by atoms with Gasteiger partial charge in [0.25, 0.3) is 5.82 Å². The molecule has 1 aliphatic rings. The average Bonchev–Trinajstić information content (AvgIpc) is 3.11. The van der Waals surface area contributed by atoms with E-state index in [0.29, 0.717) is 25.7 Å². The molecule has 9 heteroatoms. The van der Waals surface area contributed by atoms with Crippen LogP contribution in [0.5, 0.6) is 0 Å². The largest absolute Gasteiger partial charge is 0.461 e. The molecular weight excluding hydrogens is 337 g/mol. The van der Waals surface area contributed by atoms with Crippen LogP contribution in [0.2, 0.25) is 0 Å². The van der Waals surface area contributed by atoms with Crippen molar-refractivity contribution in [2.75, 3.05) is 0 Å². The Morgan fingerprint density at radius 2 is 1.84 bits per heavy atom. The number of tetrazole rings is 1. The number of hydrogen-bond donors (Lipinski definition) is 0. The Morgan fingerprint density at radius 3 is 2.48 bits per heavy atom. The molecule has 1 fully saturated rings. The summed E-state index contributed by atoms with van der Waals surface area (Å²) in [6, 6.07) is 8.87. The van der Waals surface area contributed by atoms with E-state index in [2.05, 4.69) is 15.5 Å². The lowest BCUT2D eigenvalue weighted by molar-refractivity contribution is -0.153. The number of aromatic nitrogens is 4. The van der Waals surface area contributed by atoms with E-state index in [0.717, 1.165) is 10.2 Å². The number of halogens is 3. The van der Waals surface area contributed by atoms with E-state index in [9.17, 15) is 18.0 Å². The number of nitrogens with zero attached hydrogens (tertiary/aromatic N) is 4. The van der Waals surface area contributed by atoms with E-state index in [-0.39, 0.29) is 18.5 Å². The maximum Gasteiger partial charge on any atom is 0.453 e. The summed E-state index contributed by atoms with van der Waals surface area (Å²) in [5.74, 6) is -1.71. The van der Waals surface area contributed by atoms with E-state index in [1.165, 1.54) is 0 Å². The molecule has 2 aromatic rings. The molecule has 6 nitrogen and oxygen atoms in total. The number of carbonyl (C=O) groups is 1. The van der Waals surface area contributed by atoms with Gasteiger partial charge >= 0.3 is 12.1 Å². The maximum atomic E-state index is 12.9. The van der Waals surface area contributed by atoms with Gasteiger partial charge in [0.1, 0.15) is 6.61 Å². The summed E-state index contributed by atoms with van der Waals surface area (Å²) < 4.78 is 44.7. The smallest absolute Gasteiger partial charge is 0.453 e. The van der Waals surface area contributed by atoms with Gasteiger partial charge in [0.15, 0.2) is 0 Å². The number of hydrogen-bond acceptors (Lipinski definition) is 5. The molecule has 25 heavy (non-hydrogen) atoms. The summed E-state index contributed by atoms with van der Waals surface area (Å²) >= 11 is 0. The first-order valence-electron chi connectivity index (χ1n) is 8.01. The van der Waals surface area contributed by atoms with E-state index in [4.69, 9.17) is 4.74 Å². The van der Waals surface area contributed by atoms with Crippen molar-refractivity contribution in [3.8, 4) is 0 Å². The number of carbonyl (C=O) groups excluding carboxylic acids is 1. The van der Waals surface area contributed by atoms with Gasteiger partial charge in [0, 0.05) is 0 Å². The Morgan fingerprint density at radius 1 is 1.16 bits per heavy atom. The van der Waals surface area contributed by atoms with Crippen molar-refractivity contribution < 1.29 is 22.7 Å². The molecule has 1 aromatic heterocycles. The summed E-state index contributed by atoms with van der Waals surface area (Å²) in [6.07, 6.45) is -2.88. The van der Waals surface area contributed by atoms with Crippen LogP contribution in [0.1, 0.15) is 43.1 Å². The lowest BCUT2D eigenvalue weighted by atomic mass is 9.86. The monoisotopic (exact) mass is 354 g/mol. The van der Waals surface area contributed by atoms with Gasteiger partial charge < -0.3 is 4.74 Å². The predicted molar refractivity (Wildman–Crippen MR) is 80.1 cm³/mol. The summed E-state index contributed by atoms with van der Waals surface area (Å²) in [5.41, 5.74) is 0.896. The van der Waals surface area contributed by atoms with Crippen LogP contribution in [0.4, 0.5) is 13.2 Å². The Bertz CT molecular complexity index is 710. The molecule has 0 aliphatic heterocycles. The van der Waals surface area contributed by atoms with E-state index < -0.39 is 18.0 Å². The molecule has 0 N–H and O–H groups in total. The van der Waals surface area contributed by atoms with Crippen LogP contribution in [-0.4, -0.2) is 26.2 Å². The van der Waals surface area contributed by atoms with Crippen molar-refractivity contribution in [2.45, 2.75) is 44.5 Å². The van der Waals surface area contributed by atoms with Crippen LogP contribution in [-0.2, 0) is 22.3 Å². The highest BCUT2D eigenvalue weighted by atomic mass is 19.4. The summed E-state index contributed by atoms with van der Waals surface area (Å²) in [4.78, 5) is 12.1. The average molecular weight is 354 g/mol. The van der Waals surface area contributed by atoms with Crippen LogP contribution < -0.4 is 0 Å². The van der Waals surface area contributed by atoms with Crippen LogP contribution in [0.15, 0.2) is 30.3 Å². The van der Waals surface area contributed by atoms with Gasteiger partial charge in [-0.1, -0.05) is 30.3 Å². The van der Waals surface area contributed by atoms with Gasteiger partial charge in [-0.2, -0.15) is 13.2 Å². The Balaban J connectivity index is 1.53. The second kappa shape index (κ2) is 7.20. The van der Waals surface area contributed by atoms with Crippen molar-refractivity contribution in [2.24, 2.45) is 5.92 Å². The molecule has 1 aliphatic carbocycles. The molecule has 0 unspecified atom stereocenters. The minimum absolute atomic E-state index is 0.199. The molecule has 0 amide bonds. The summed E-state index contributed by atoms with van der Waals surface area (Å²) in [7, 11) is 0. The fraction of sp³-hybridized carbons (Fsp3) is 0.500. The van der Waals surface area contributed by atoms with Gasteiger partial charge in [0.2, 0.25) is 0 Å². The Kier molecular flexibility index (Phi) is 5.00. The lowest BCUT2D eigenvalue weighted by Gasteiger charge is -2.27. The molecule has 0 saturated heterocycles. The van der Waals surface area contributed by atoms with Crippen LogP contribution in [0.3, 0.4) is 0 Å². The molecule has 1 heterocycles. The van der Waals surface area contributed by atoms with Crippen molar-refractivity contribution in [3.63, 3.8) is 0 Å². The molecular formula is C16H17F3N4O2. The number of ether oxygens (including phenoxy) is 1. The highest BCUT2D eigenvalue weighted by Gasteiger charge is 2.40. The zero-order chi connectivity index (χ0) is 17.9. The zero-order valence-electron chi connectivity index (χ0n) is 13.3. The van der Waals surface area contributed by atoms with Crippen LogP contribution in [0.25, 0.3) is 0 Å². The molecule has 0 spiro atoms. The van der Waals surface area contributed by atoms with E-state index >= 15 is 0 Å². The predicted octanol–water partition coefficient (Wildman–Crippen LogP) is 3.17. The number of alkyl halides is 3. The fourth-order valence-electron chi connectivity index (χ4n) is 3.03. The normalized spacial score (nSPS) is 21.1. The number of rotatable bonds is 4. The third kappa shape index (κ3) is 4.15. The molecule has 1 aromatic carbocycles. The summed E-state index contributed by atoms with van der Waals surface area (Å²) in [5, 5.41) is 9.67. The summed E-state index contributed by atoms with van der Waals surface area (Å²) in [6.45, 7) is 0.199. The van der Waals surface area contributed by atoms with E-state index in [1.54, 1.807) is 0 Å². The second-order valence-electron chi connectivity index (χ2n) is 6.04. The third-order valence-electron chi connectivity index (χ3n) is 4.35. The van der Waals surface area contributed by atoms with Gasteiger partial charge in [-0.15, -0.1) is 5.10 Å². The molecule has 0 atom stereocenters. The topological polar surface area (TPSA) is 69.9 Å². The van der Waals surface area contributed by atoms with Gasteiger partial charge in [-0.25, -0.2) is 4.68 Å². The van der Waals surface area contributed by atoms with Crippen molar-refractivity contribution in [3.05, 3.63) is 41.7 Å². The van der Waals surface area contributed by atoms with Gasteiger partial charge in [0.05, 0.1) is 12.0 Å². The molecule has 0 radical (unpaired) electrons. The SMILES string of the molecule is O=C(OCc1ccccc1)C1CCC(n2nnnc2C(F)(F)F)CC1. The second-order valence-corrected chi connectivity index (χ2v) is 6.04. The van der Waals surface area contributed by atoms with Crippen LogP contribution in [0, 0.1) is 5.92 Å².